The van der Waals surface area contributed by atoms with E-state index in [1.807, 2.05) is 18.2 Å². The van der Waals surface area contributed by atoms with Crippen molar-refractivity contribution >= 4 is 27.7 Å². The number of nitrogens with two attached hydrogens (primary N) is 1. The van der Waals surface area contributed by atoms with E-state index in [4.69, 9.17) is 10.5 Å². The Morgan fingerprint density at radius 1 is 1.60 bits per heavy atom. The molecule has 0 spiro atoms. The number of hydrogen-bond acceptors (Lipinski definition) is 4. The van der Waals surface area contributed by atoms with Crippen molar-refractivity contribution in [1.29, 1.82) is 0 Å². The average molecular weight is 274 g/mol. The van der Waals surface area contributed by atoms with Gasteiger partial charge in [-0.3, -0.25) is 4.79 Å². The molecule has 1 rings (SSSR count). The van der Waals surface area contributed by atoms with Gasteiger partial charge in [-0.1, -0.05) is 6.07 Å². The summed E-state index contributed by atoms with van der Waals surface area (Å²) in [5.74, 6) is 0.294. The summed E-state index contributed by atoms with van der Waals surface area (Å²) < 4.78 is 5.74. The van der Waals surface area contributed by atoms with Gasteiger partial charge in [0.2, 0.25) is 5.91 Å². The smallest absolute Gasteiger partial charge is 0.243 e. The maximum atomic E-state index is 10.3. The molecule has 0 bridgehead atoms. The molecule has 5 nitrogen and oxygen atoms in total. The van der Waals surface area contributed by atoms with Crippen LogP contribution < -0.4 is 11.1 Å². The molecule has 15 heavy (non-hydrogen) atoms. The lowest BCUT2D eigenvalue weighted by atomic mass is 10.4. The van der Waals surface area contributed by atoms with Crippen LogP contribution in [0.4, 0.5) is 5.82 Å². The molecule has 0 atom stereocenters. The molecule has 1 aromatic heterocycles. The van der Waals surface area contributed by atoms with Crippen molar-refractivity contribution in [3.63, 3.8) is 0 Å². The van der Waals surface area contributed by atoms with Crippen molar-refractivity contribution < 1.29 is 9.53 Å². The first-order valence-corrected chi connectivity index (χ1v) is 5.20. The number of ether oxygens (including phenoxy) is 1. The van der Waals surface area contributed by atoms with Crippen molar-refractivity contribution in [2.75, 3.05) is 25.1 Å². The second-order valence-electron chi connectivity index (χ2n) is 2.79. The fraction of sp³-hybridized carbons (Fsp3) is 0.333. The molecule has 0 fully saturated rings. The van der Waals surface area contributed by atoms with Crippen LogP contribution in [-0.2, 0) is 9.53 Å². The maximum absolute atomic E-state index is 10.3. The van der Waals surface area contributed by atoms with Gasteiger partial charge < -0.3 is 15.8 Å². The zero-order chi connectivity index (χ0) is 11.1. The van der Waals surface area contributed by atoms with Crippen LogP contribution in [0, 0.1) is 0 Å². The third kappa shape index (κ3) is 5.34. The normalized spacial score (nSPS) is 9.93. The second-order valence-corrected chi connectivity index (χ2v) is 3.60. The van der Waals surface area contributed by atoms with E-state index in [9.17, 15) is 4.79 Å². The van der Waals surface area contributed by atoms with E-state index in [2.05, 4.69) is 26.2 Å². The number of anilines is 1. The molecule has 1 heterocycles. The fourth-order valence-electron chi connectivity index (χ4n) is 0.931. The SMILES string of the molecule is NC(=O)COCCNc1cccc(Br)n1. The highest BCUT2D eigenvalue weighted by molar-refractivity contribution is 9.10. The van der Waals surface area contributed by atoms with Gasteiger partial charge in [0.1, 0.15) is 17.0 Å². The third-order valence-corrected chi connectivity index (χ3v) is 1.95. The summed E-state index contributed by atoms with van der Waals surface area (Å²) in [5, 5.41) is 3.04. The van der Waals surface area contributed by atoms with E-state index >= 15 is 0 Å². The fourth-order valence-corrected chi connectivity index (χ4v) is 1.27. The van der Waals surface area contributed by atoms with Gasteiger partial charge in [0, 0.05) is 6.54 Å². The minimum atomic E-state index is -0.462. The minimum absolute atomic E-state index is 0.0480. The van der Waals surface area contributed by atoms with Crippen molar-refractivity contribution in [2.45, 2.75) is 0 Å². The summed E-state index contributed by atoms with van der Waals surface area (Å²) in [6.07, 6.45) is 0. The highest BCUT2D eigenvalue weighted by atomic mass is 79.9. The number of carbonyl (C=O) groups excluding carboxylic acids is 1. The third-order valence-electron chi connectivity index (χ3n) is 1.51. The van der Waals surface area contributed by atoms with E-state index in [0.29, 0.717) is 13.2 Å². The van der Waals surface area contributed by atoms with Crippen LogP contribution in [0.1, 0.15) is 0 Å². The van der Waals surface area contributed by atoms with Crippen molar-refractivity contribution in [3.8, 4) is 0 Å². The Balaban J connectivity index is 2.17. The van der Waals surface area contributed by atoms with Crippen molar-refractivity contribution in [2.24, 2.45) is 5.73 Å². The Bertz CT molecular complexity index is 333. The van der Waals surface area contributed by atoms with Crippen LogP contribution in [0.25, 0.3) is 0 Å². The maximum Gasteiger partial charge on any atom is 0.243 e. The molecular formula is C9H12BrN3O2. The van der Waals surface area contributed by atoms with Crippen LogP contribution >= 0.6 is 15.9 Å². The molecule has 0 saturated heterocycles. The summed E-state index contributed by atoms with van der Waals surface area (Å²) in [6.45, 7) is 0.946. The van der Waals surface area contributed by atoms with E-state index in [1.54, 1.807) is 0 Å². The standard InChI is InChI=1S/C9H12BrN3O2/c10-7-2-1-3-9(13-7)12-4-5-15-6-8(11)14/h1-3H,4-6H2,(H2,11,14)(H,12,13). The number of amides is 1. The Morgan fingerprint density at radius 2 is 2.40 bits per heavy atom. The van der Waals surface area contributed by atoms with Gasteiger partial charge in [0.15, 0.2) is 0 Å². The van der Waals surface area contributed by atoms with Crippen molar-refractivity contribution in [3.05, 3.63) is 22.8 Å². The van der Waals surface area contributed by atoms with Gasteiger partial charge in [-0.25, -0.2) is 4.98 Å². The van der Waals surface area contributed by atoms with E-state index in [-0.39, 0.29) is 6.61 Å². The second kappa shape index (κ2) is 6.36. The minimum Gasteiger partial charge on any atom is -0.370 e. The predicted octanol–water partition coefficient (Wildman–Crippen LogP) is 0.758. The van der Waals surface area contributed by atoms with Gasteiger partial charge in [-0.2, -0.15) is 0 Å². The number of aromatic nitrogens is 1. The number of rotatable bonds is 6. The van der Waals surface area contributed by atoms with Gasteiger partial charge in [-0.15, -0.1) is 0 Å². The Morgan fingerprint density at radius 3 is 3.07 bits per heavy atom. The Kier molecular flexibility index (Phi) is 5.06. The molecule has 1 aromatic rings. The Labute approximate surface area is 96.1 Å². The number of nitrogens with zero attached hydrogens (tertiary/aromatic N) is 1. The summed E-state index contributed by atoms with van der Waals surface area (Å²) in [6, 6.07) is 5.57. The molecule has 0 saturated carbocycles. The number of halogens is 1. The molecule has 1 amide bonds. The lowest BCUT2D eigenvalue weighted by Crippen LogP contribution is -2.20. The van der Waals surface area contributed by atoms with E-state index < -0.39 is 5.91 Å². The molecule has 6 heteroatoms. The van der Waals surface area contributed by atoms with E-state index in [0.717, 1.165) is 10.4 Å². The van der Waals surface area contributed by atoms with Gasteiger partial charge >= 0.3 is 0 Å². The van der Waals surface area contributed by atoms with Gasteiger partial charge in [0.25, 0.3) is 0 Å². The summed E-state index contributed by atoms with van der Waals surface area (Å²) in [5.41, 5.74) is 4.90. The first-order chi connectivity index (χ1) is 7.18. The summed E-state index contributed by atoms with van der Waals surface area (Å²) in [7, 11) is 0. The summed E-state index contributed by atoms with van der Waals surface area (Å²) >= 11 is 3.26. The molecule has 3 N–H and O–H groups in total. The van der Waals surface area contributed by atoms with Crippen LogP contribution in [0.2, 0.25) is 0 Å². The van der Waals surface area contributed by atoms with Crippen LogP contribution in [-0.4, -0.2) is 30.6 Å². The molecular weight excluding hydrogens is 262 g/mol. The number of pyridine rings is 1. The number of carbonyl (C=O) groups is 1. The number of primary amides is 1. The van der Waals surface area contributed by atoms with Crippen LogP contribution in [0.15, 0.2) is 22.8 Å². The monoisotopic (exact) mass is 273 g/mol. The average Bonchev–Trinajstić information content (AvgIpc) is 2.17. The molecule has 0 aliphatic rings. The van der Waals surface area contributed by atoms with Crippen molar-refractivity contribution in [1.82, 2.24) is 4.98 Å². The highest BCUT2D eigenvalue weighted by Crippen LogP contribution is 2.09. The number of nitrogens with one attached hydrogen (secondary N) is 1. The molecule has 0 aromatic carbocycles. The zero-order valence-electron chi connectivity index (χ0n) is 8.07. The first kappa shape index (κ1) is 11.9. The highest BCUT2D eigenvalue weighted by Gasteiger charge is 1.95. The van der Waals surface area contributed by atoms with Gasteiger partial charge in [-0.05, 0) is 28.1 Å². The topological polar surface area (TPSA) is 77.2 Å². The molecule has 0 aliphatic carbocycles. The van der Waals surface area contributed by atoms with E-state index in [1.165, 1.54) is 0 Å². The lowest BCUT2D eigenvalue weighted by Gasteiger charge is -2.05. The van der Waals surface area contributed by atoms with Crippen LogP contribution in [0.3, 0.4) is 0 Å². The molecule has 0 aliphatic heterocycles. The lowest BCUT2D eigenvalue weighted by molar-refractivity contribution is -0.122. The first-order valence-electron chi connectivity index (χ1n) is 4.41. The van der Waals surface area contributed by atoms with Gasteiger partial charge in [0.05, 0.1) is 6.61 Å². The predicted molar refractivity (Wildman–Crippen MR) is 60.4 cm³/mol. The summed E-state index contributed by atoms with van der Waals surface area (Å²) in [4.78, 5) is 14.5. The quantitative estimate of drug-likeness (QED) is 0.593. The zero-order valence-corrected chi connectivity index (χ0v) is 9.66. The molecule has 0 radical (unpaired) electrons. The number of hydrogen-bond donors (Lipinski definition) is 2. The van der Waals surface area contributed by atoms with Crippen LogP contribution in [0.5, 0.6) is 0 Å². The Hall–Kier alpha value is -1.14. The largest absolute Gasteiger partial charge is 0.370 e. The molecule has 0 unspecified atom stereocenters. The molecule has 82 valence electrons.